The lowest BCUT2D eigenvalue weighted by atomic mass is 9.48. The third-order valence-electron chi connectivity index (χ3n) is 8.37. The van der Waals surface area contributed by atoms with E-state index in [4.69, 9.17) is 4.74 Å². The maximum absolute atomic E-state index is 13.3. The lowest BCUT2D eigenvalue weighted by Crippen LogP contribution is -2.48. The molecule has 4 aliphatic carbocycles. The Kier molecular flexibility index (Phi) is 5.75. The summed E-state index contributed by atoms with van der Waals surface area (Å²) in [5.41, 5.74) is 3.18. The molecule has 1 aliphatic heterocycles. The summed E-state index contributed by atoms with van der Waals surface area (Å²) in [5.74, 6) is 2.63. The molecule has 5 aliphatic rings. The van der Waals surface area contributed by atoms with Crippen LogP contribution in [0.25, 0.3) is 6.08 Å². The topological polar surface area (TPSA) is 46.6 Å². The van der Waals surface area contributed by atoms with Crippen LogP contribution < -0.4 is 4.74 Å². The molecule has 0 spiro atoms. The van der Waals surface area contributed by atoms with E-state index in [0.717, 1.165) is 40.8 Å². The zero-order valence-corrected chi connectivity index (χ0v) is 20.8. The molecular weight excluding hydrogens is 461 g/mol. The highest BCUT2D eigenvalue weighted by Crippen LogP contribution is 2.61. The molecule has 35 heavy (non-hydrogen) atoms. The molecule has 1 saturated heterocycles. The number of hydrogen-bond donors (Lipinski definition) is 0. The first-order valence-corrected chi connectivity index (χ1v) is 13.5. The average Bonchev–Trinajstić information content (AvgIpc) is 3.08. The van der Waals surface area contributed by atoms with Gasteiger partial charge in [-0.1, -0.05) is 18.2 Å². The molecule has 0 aromatic heterocycles. The van der Waals surface area contributed by atoms with Crippen LogP contribution in [-0.4, -0.2) is 22.7 Å². The number of carbonyl (C=O) groups is 2. The Morgan fingerprint density at radius 1 is 1.03 bits per heavy atom. The highest BCUT2D eigenvalue weighted by molar-refractivity contribution is 8.18. The van der Waals surface area contributed by atoms with Crippen LogP contribution in [0.4, 0.5) is 9.18 Å². The maximum atomic E-state index is 13.3. The quantitative estimate of drug-likeness (QED) is 0.411. The third kappa shape index (κ3) is 4.20. The predicted molar refractivity (Wildman–Crippen MR) is 135 cm³/mol. The van der Waals surface area contributed by atoms with Crippen LogP contribution in [-0.2, 0) is 16.8 Å². The largest absolute Gasteiger partial charge is 0.493 e. The number of imide groups is 1. The number of hydrogen-bond acceptors (Lipinski definition) is 4. The molecule has 4 saturated carbocycles. The van der Waals surface area contributed by atoms with Crippen LogP contribution in [0.15, 0.2) is 47.4 Å². The molecule has 2 amide bonds. The molecule has 0 radical (unpaired) electrons. The van der Waals surface area contributed by atoms with E-state index in [9.17, 15) is 14.0 Å². The molecule has 0 unspecified atom stereocenters. The van der Waals surface area contributed by atoms with Crippen molar-refractivity contribution < 1.29 is 18.7 Å². The van der Waals surface area contributed by atoms with Crippen LogP contribution >= 0.6 is 11.8 Å². The van der Waals surface area contributed by atoms with Gasteiger partial charge in [0.2, 0.25) is 0 Å². The van der Waals surface area contributed by atoms with Gasteiger partial charge in [-0.2, -0.15) is 0 Å². The van der Waals surface area contributed by atoms with Crippen molar-refractivity contribution in [2.45, 2.75) is 57.4 Å². The van der Waals surface area contributed by atoms with Crippen molar-refractivity contribution in [2.75, 3.05) is 6.61 Å². The molecule has 4 nitrogen and oxygen atoms in total. The second kappa shape index (κ2) is 8.81. The van der Waals surface area contributed by atoms with Crippen LogP contribution in [0.5, 0.6) is 5.75 Å². The summed E-state index contributed by atoms with van der Waals surface area (Å²) in [4.78, 5) is 27.5. The van der Waals surface area contributed by atoms with Gasteiger partial charge in [0.1, 0.15) is 11.6 Å². The Morgan fingerprint density at radius 3 is 2.31 bits per heavy atom. The summed E-state index contributed by atoms with van der Waals surface area (Å²) in [5, 5.41) is -0.305. The van der Waals surface area contributed by atoms with Gasteiger partial charge in [0.25, 0.3) is 11.1 Å². The van der Waals surface area contributed by atoms with E-state index in [-0.39, 0.29) is 28.9 Å². The Hall–Kier alpha value is -2.60. The molecule has 0 N–H and O–H groups in total. The number of amides is 2. The minimum atomic E-state index is -0.342. The van der Waals surface area contributed by atoms with Gasteiger partial charge >= 0.3 is 0 Å². The first-order valence-electron chi connectivity index (χ1n) is 12.7. The fourth-order valence-electron chi connectivity index (χ4n) is 7.29. The van der Waals surface area contributed by atoms with Crippen LogP contribution in [0.2, 0.25) is 0 Å². The number of carbonyl (C=O) groups excluding carboxylic acids is 2. The summed E-state index contributed by atoms with van der Waals surface area (Å²) >= 11 is 0.960. The molecule has 4 bridgehead atoms. The van der Waals surface area contributed by atoms with Gasteiger partial charge in [0.15, 0.2) is 0 Å². The molecule has 182 valence electrons. The van der Waals surface area contributed by atoms with Crippen molar-refractivity contribution in [1.29, 1.82) is 0 Å². The number of thioether (sulfide) groups is 1. The van der Waals surface area contributed by atoms with Gasteiger partial charge in [0, 0.05) is 5.56 Å². The van der Waals surface area contributed by atoms with Gasteiger partial charge in [0.05, 0.1) is 18.1 Å². The number of benzene rings is 2. The standard InChI is InChI=1S/C29H30FNO3S/c1-2-34-25-8-5-23(29-14-19-9-20(15-29)11-21(10-19)16-29)12-22(25)13-26-27(32)31(28(33)35-26)17-18-3-6-24(30)7-4-18/h3-8,12-13,19-21H,2,9-11,14-17H2,1H3/b26-13+. The Balaban J connectivity index is 1.31. The third-order valence-corrected chi connectivity index (χ3v) is 9.28. The SMILES string of the molecule is CCOc1ccc(C23CC4CC(CC(C4)C2)C3)cc1/C=C1/SC(=O)N(Cc2ccc(F)cc2)C1=O. The summed E-state index contributed by atoms with van der Waals surface area (Å²) in [7, 11) is 0. The summed E-state index contributed by atoms with van der Waals surface area (Å²) in [6.07, 6.45) is 9.80. The Bertz CT molecular complexity index is 1170. The van der Waals surface area contributed by atoms with Gasteiger partial charge in [-0.25, -0.2) is 4.39 Å². The van der Waals surface area contributed by atoms with E-state index in [2.05, 4.69) is 12.1 Å². The summed E-state index contributed by atoms with van der Waals surface area (Å²) in [6, 6.07) is 12.4. The Labute approximate surface area is 209 Å². The highest BCUT2D eigenvalue weighted by Gasteiger charge is 2.51. The van der Waals surface area contributed by atoms with Crippen LogP contribution in [0.1, 0.15) is 62.1 Å². The predicted octanol–water partition coefficient (Wildman–Crippen LogP) is 6.93. The molecule has 5 fully saturated rings. The van der Waals surface area contributed by atoms with Crippen molar-refractivity contribution in [3.63, 3.8) is 0 Å². The van der Waals surface area contributed by atoms with E-state index in [1.807, 2.05) is 19.1 Å². The maximum Gasteiger partial charge on any atom is 0.293 e. The number of nitrogens with zero attached hydrogens (tertiary/aromatic N) is 1. The molecule has 6 heteroatoms. The van der Waals surface area contributed by atoms with Crippen molar-refractivity contribution in [2.24, 2.45) is 17.8 Å². The lowest BCUT2D eigenvalue weighted by Gasteiger charge is -2.57. The zero-order valence-electron chi connectivity index (χ0n) is 20.0. The Morgan fingerprint density at radius 2 is 1.69 bits per heavy atom. The highest BCUT2D eigenvalue weighted by atomic mass is 32.2. The summed E-state index contributed by atoms with van der Waals surface area (Å²) in [6.45, 7) is 2.62. The van der Waals surface area contributed by atoms with Crippen LogP contribution in [0, 0.1) is 23.6 Å². The van der Waals surface area contributed by atoms with Crippen molar-refractivity contribution >= 4 is 29.0 Å². The van der Waals surface area contributed by atoms with E-state index < -0.39 is 0 Å². The average molecular weight is 492 g/mol. The van der Waals surface area contributed by atoms with Crippen molar-refractivity contribution in [1.82, 2.24) is 4.90 Å². The van der Waals surface area contributed by atoms with E-state index >= 15 is 0 Å². The monoisotopic (exact) mass is 491 g/mol. The minimum absolute atomic E-state index is 0.133. The molecule has 0 atom stereocenters. The molecule has 2 aromatic rings. The normalized spacial score (nSPS) is 30.5. The van der Waals surface area contributed by atoms with Gasteiger partial charge in [-0.15, -0.1) is 0 Å². The molecular formula is C29H30FNO3S. The summed E-state index contributed by atoms with van der Waals surface area (Å²) < 4.78 is 19.2. The fraction of sp³-hybridized carbons (Fsp3) is 0.448. The van der Waals surface area contributed by atoms with E-state index in [1.165, 1.54) is 61.1 Å². The molecule has 2 aromatic carbocycles. The fourth-order valence-corrected chi connectivity index (χ4v) is 8.12. The smallest absolute Gasteiger partial charge is 0.293 e. The molecule has 7 rings (SSSR count). The number of halogens is 1. The minimum Gasteiger partial charge on any atom is -0.493 e. The second-order valence-corrected chi connectivity index (χ2v) is 11.8. The van der Waals surface area contributed by atoms with E-state index in [0.29, 0.717) is 17.1 Å². The van der Waals surface area contributed by atoms with Gasteiger partial charge in [-0.05, 0) is 122 Å². The molecule has 1 heterocycles. The van der Waals surface area contributed by atoms with Gasteiger partial charge in [-0.3, -0.25) is 14.5 Å². The van der Waals surface area contributed by atoms with E-state index in [1.54, 1.807) is 12.1 Å². The zero-order chi connectivity index (χ0) is 24.2. The van der Waals surface area contributed by atoms with Gasteiger partial charge < -0.3 is 4.74 Å². The first kappa shape index (κ1) is 22.8. The number of ether oxygens (including phenoxy) is 1. The first-order chi connectivity index (χ1) is 16.9. The number of rotatable bonds is 6. The second-order valence-electron chi connectivity index (χ2n) is 10.8. The van der Waals surface area contributed by atoms with Crippen LogP contribution in [0.3, 0.4) is 0 Å². The van der Waals surface area contributed by atoms with Crippen molar-refractivity contribution in [3.05, 3.63) is 69.9 Å². The lowest BCUT2D eigenvalue weighted by molar-refractivity contribution is -0.123. The van der Waals surface area contributed by atoms with Crippen molar-refractivity contribution in [3.8, 4) is 5.75 Å².